The zero-order valence-electron chi connectivity index (χ0n) is 13.2. The number of nitrogens with zero attached hydrogens (tertiary/aromatic N) is 1. The molecule has 1 aliphatic rings. The Balaban J connectivity index is 2.30. The first-order chi connectivity index (χ1) is 8.80. The lowest BCUT2D eigenvalue weighted by atomic mass is 9.92. The van der Waals surface area contributed by atoms with E-state index in [9.17, 15) is 4.79 Å². The molecule has 19 heavy (non-hydrogen) atoms. The van der Waals surface area contributed by atoms with Crippen molar-refractivity contribution in [3.05, 3.63) is 0 Å². The normalized spacial score (nSPS) is 22.9. The van der Waals surface area contributed by atoms with Gasteiger partial charge in [-0.05, 0) is 66.0 Å². The van der Waals surface area contributed by atoms with Crippen LogP contribution in [0.1, 0.15) is 53.9 Å². The minimum Gasteiger partial charge on any atom is -0.444 e. The number of piperidine rings is 1. The maximum atomic E-state index is 11.7. The number of ether oxygens (including phenoxy) is 1. The Kier molecular flexibility index (Phi) is 6.11. The molecule has 0 spiro atoms. The minimum absolute atomic E-state index is 0.177. The summed E-state index contributed by atoms with van der Waals surface area (Å²) in [6.45, 7) is 13.5. The number of hydrogen-bond acceptors (Lipinski definition) is 3. The first-order valence-electron chi connectivity index (χ1n) is 7.52. The number of amides is 1. The highest BCUT2D eigenvalue weighted by Crippen LogP contribution is 2.20. The summed E-state index contributed by atoms with van der Waals surface area (Å²) in [5.74, 6) is 0.693. The molecule has 0 aromatic carbocycles. The van der Waals surface area contributed by atoms with E-state index in [1.54, 1.807) is 0 Å². The van der Waals surface area contributed by atoms with Gasteiger partial charge in [-0.2, -0.15) is 0 Å². The molecular formula is C15H30N2O2. The maximum absolute atomic E-state index is 11.7. The number of likely N-dealkylation sites (tertiary alicyclic amines) is 1. The second-order valence-corrected chi connectivity index (χ2v) is 6.68. The summed E-state index contributed by atoms with van der Waals surface area (Å²) in [7, 11) is 0. The maximum Gasteiger partial charge on any atom is 0.407 e. The first kappa shape index (κ1) is 16.3. The van der Waals surface area contributed by atoms with Crippen LogP contribution in [0.4, 0.5) is 4.79 Å². The second kappa shape index (κ2) is 7.13. The van der Waals surface area contributed by atoms with E-state index in [0.717, 1.165) is 19.5 Å². The van der Waals surface area contributed by atoms with E-state index in [0.29, 0.717) is 5.92 Å². The van der Waals surface area contributed by atoms with Crippen LogP contribution >= 0.6 is 0 Å². The van der Waals surface area contributed by atoms with Crippen molar-refractivity contribution in [1.82, 2.24) is 10.2 Å². The Morgan fingerprint density at radius 3 is 2.74 bits per heavy atom. The molecular weight excluding hydrogens is 240 g/mol. The van der Waals surface area contributed by atoms with Gasteiger partial charge in [-0.1, -0.05) is 6.92 Å². The summed E-state index contributed by atoms with van der Waals surface area (Å²) in [5, 5.41) is 2.94. The zero-order chi connectivity index (χ0) is 14.5. The van der Waals surface area contributed by atoms with Crippen LogP contribution < -0.4 is 5.32 Å². The summed E-state index contributed by atoms with van der Waals surface area (Å²) in [6.07, 6.45) is 3.28. The highest BCUT2D eigenvalue weighted by molar-refractivity contribution is 5.67. The van der Waals surface area contributed by atoms with Gasteiger partial charge in [-0.25, -0.2) is 4.79 Å². The highest BCUT2D eigenvalue weighted by atomic mass is 16.6. The predicted molar refractivity (Wildman–Crippen MR) is 78.3 cm³/mol. The quantitative estimate of drug-likeness (QED) is 0.854. The number of carbonyl (C=O) groups is 1. The molecule has 1 amide bonds. The van der Waals surface area contributed by atoms with E-state index in [1.807, 2.05) is 20.8 Å². The predicted octanol–water partition coefficient (Wildman–Crippen LogP) is 3.02. The van der Waals surface area contributed by atoms with E-state index in [-0.39, 0.29) is 12.1 Å². The molecule has 112 valence electrons. The van der Waals surface area contributed by atoms with Crippen LogP contribution in [0.2, 0.25) is 0 Å². The number of alkyl carbamates (subject to hydrolysis) is 1. The molecule has 4 nitrogen and oxygen atoms in total. The Hall–Kier alpha value is -0.770. The Labute approximate surface area is 117 Å². The second-order valence-electron chi connectivity index (χ2n) is 6.68. The third-order valence-electron chi connectivity index (χ3n) is 3.50. The molecule has 0 saturated carbocycles. The number of carbonyl (C=O) groups excluding carboxylic acids is 1. The fourth-order valence-electron chi connectivity index (χ4n) is 2.70. The molecule has 1 rings (SSSR count). The van der Waals surface area contributed by atoms with Gasteiger partial charge in [0, 0.05) is 12.6 Å². The van der Waals surface area contributed by atoms with Gasteiger partial charge >= 0.3 is 6.09 Å². The molecule has 0 bridgehead atoms. The van der Waals surface area contributed by atoms with Gasteiger partial charge in [-0.15, -0.1) is 0 Å². The molecule has 0 radical (unpaired) electrons. The zero-order valence-corrected chi connectivity index (χ0v) is 13.2. The van der Waals surface area contributed by atoms with Crippen LogP contribution in [0, 0.1) is 5.92 Å². The number of rotatable bonds is 4. The van der Waals surface area contributed by atoms with Crippen LogP contribution in [-0.2, 0) is 4.74 Å². The van der Waals surface area contributed by atoms with Gasteiger partial charge < -0.3 is 15.0 Å². The summed E-state index contributed by atoms with van der Waals surface area (Å²) >= 11 is 0. The van der Waals surface area contributed by atoms with Crippen molar-refractivity contribution in [2.45, 2.75) is 65.5 Å². The molecule has 2 atom stereocenters. The summed E-state index contributed by atoms with van der Waals surface area (Å²) in [4.78, 5) is 14.2. The Morgan fingerprint density at radius 1 is 1.47 bits per heavy atom. The van der Waals surface area contributed by atoms with E-state index < -0.39 is 5.60 Å². The fraction of sp³-hybridized carbons (Fsp3) is 0.933. The van der Waals surface area contributed by atoms with E-state index in [4.69, 9.17) is 4.74 Å². The van der Waals surface area contributed by atoms with Gasteiger partial charge in [-0.3, -0.25) is 0 Å². The van der Waals surface area contributed by atoms with Crippen LogP contribution in [0.25, 0.3) is 0 Å². The van der Waals surface area contributed by atoms with Gasteiger partial charge in [0.25, 0.3) is 0 Å². The van der Waals surface area contributed by atoms with E-state index in [1.165, 1.54) is 19.4 Å². The third-order valence-corrected chi connectivity index (χ3v) is 3.50. The Bertz CT molecular complexity index is 286. The van der Waals surface area contributed by atoms with Crippen LogP contribution in [0.3, 0.4) is 0 Å². The lowest BCUT2D eigenvalue weighted by molar-refractivity contribution is 0.0496. The smallest absolute Gasteiger partial charge is 0.407 e. The number of hydrogen-bond donors (Lipinski definition) is 1. The summed E-state index contributed by atoms with van der Waals surface area (Å²) in [6, 6.07) is 0.177. The van der Waals surface area contributed by atoms with Crippen molar-refractivity contribution in [3.63, 3.8) is 0 Å². The van der Waals surface area contributed by atoms with Crippen LogP contribution in [0.15, 0.2) is 0 Å². The Morgan fingerprint density at radius 2 is 2.16 bits per heavy atom. The van der Waals surface area contributed by atoms with Crippen molar-refractivity contribution in [2.24, 2.45) is 5.92 Å². The molecule has 1 heterocycles. The molecule has 1 saturated heterocycles. The molecule has 0 aliphatic carbocycles. The van der Waals surface area contributed by atoms with Gasteiger partial charge in [0.05, 0.1) is 0 Å². The standard InChI is InChI=1S/C15H30N2O2/c1-6-17-9-7-8-13(11-17)10-12(2)16-14(18)19-15(3,4)5/h12-13H,6-11H2,1-5H3,(H,16,18). The van der Waals surface area contributed by atoms with Crippen LogP contribution in [-0.4, -0.2) is 42.3 Å². The van der Waals surface area contributed by atoms with Crippen molar-refractivity contribution < 1.29 is 9.53 Å². The first-order valence-corrected chi connectivity index (χ1v) is 7.52. The summed E-state index contributed by atoms with van der Waals surface area (Å²) < 4.78 is 5.28. The van der Waals surface area contributed by atoms with Crippen molar-refractivity contribution in [2.75, 3.05) is 19.6 Å². The molecule has 0 aromatic rings. The highest BCUT2D eigenvalue weighted by Gasteiger charge is 2.23. The molecule has 4 heteroatoms. The lowest BCUT2D eigenvalue weighted by Gasteiger charge is -2.33. The molecule has 1 fully saturated rings. The van der Waals surface area contributed by atoms with Crippen molar-refractivity contribution in [3.8, 4) is 0 Å². The average molecular weight is 270 g/mol. The van der Waals surface area contributed by atoms with Gasteiger partial charge in [0.15, 0.2) is 0 Å². The minimum atomic E-state index is -0.423. The SMILES string of the molecule is CCN1CCCC(CC(C)NC(=O)OC(C)(C)C)C1. The van der Waals surface area contributed by atoms with Crippen molar-refractivity contribution in [1.29, 1.82) is 0 Å². The van der Waals surface area contributed by atoms with Gasteiger partial charge in [0.1, 0.15) is 5.60 Å². The fourth-order valence-corrected chi connectivity index (χ4v) is 2.70. The molecule has 0 aromatic heterocycles. The molecule has 2 unspecified atom stereocenters. The lowest BCUT2D eigenvalue weighted by Crippen LogP contribution is -2.41. The van der Waals surface area contributed by atoms with Gasteiger partial charge in [0.2, 0.25) is 0 Å². The number of nitrogens with one attached hydrogen (secondary N) is 1. The van der Waals surface area contributed by atoms with E-state index >= 15 is 0 Å². The van der Waals surface area contributed by atoms with Crippen LogP contribution in [0.5, 0.6) is 0 Å². The van der Waals surface area contributed by atoms with Crippen molar-refractivity contribution >= 4 is 6.09 Å². The monoisotopic (exact) mass is 270 g/mol. The molecule has 1 aliphatic heterocycles. The topological polar surface area (TPSA) is 41.6 Å². The largest absolute Gasteiger partial charge is 0.444 e. The third kappa shape index (κ3) is 6.81. The molecule has 1 N–H and O–H groups in total. The summed E-state index contributed by atoms with van der Waals surface area (Å²) in [5.41, 5.74) is -0.423. The average Bonchev–Trinajstić information content (AvgIpc) is 2.26. The van der Waals surface area contributed by atoms with E-state index in [2.05, 4.69) is 24.1 Å².